The highest BCUT2D eigenvalue weighted by Gasteiger charge is 2.08. The lowest BCUT2D eigenvalue weighted by atomic mass is 10.0. The van der Waals surface area contributed by atoms with Crippen LogP contribution < -0.4 is 10.6 Å². The summed E-state index contributed by atoms with van der Waals surface area (Å²) >= 11 is 0. The molecule has 2 aromatic carbocycles. The van der Waals surface area contributed by atoms with Crippen molar-refractivity contribution < 1.29 is 5.11 Å². The number of guanidine groups is 1. The summed E-state index contributed by atoms with van der Waals surface area (Å²) in [6, 6.07) is 14.9. The first-order chi connectivity index (χ1) is 12.3. The van der Waals surface area contributed by atoms with E-state index < -0.39 is 0 Å². The Bertz CT molecular complexity index is 669. The van der Waals surface area contributed by atoms with E-state index in [1.165, 1.54) is 16.3 Å². The number of nitrogens with one attached hydrogen (secondary N) is 2. The molecule has 0 saturated heterocycles. The third-order valence-electron chi connectivity index (χ3n) is 4.37. The molecule has 1 unspecified atom stereocenters. The normalized spacial score (nSPS) is 12.5. The number of hydrogen-bond donors (Lipinski definition) is 3. The molecule has 4 nitrogen and oxygen atoms in total. The van der Waals surface area contributed by atoms with Gasteiger partial charge in [0, 0.05) is 19.7 Å². The number of nitrogens with zero attached hydrogens (tertiary/aromatic N) is 1. The van der Waals surface area contributed by atoms with Gasteiger partial charge in [-0.15, -0.1) is 24.0 Å². The van der Waals surface area contributed by atoms with Crippen molar-refractivity contribution >= 4 is 40.7 Å². The van der Waals surface area contributed by atoms with Crippen molar-refractivity contribution in [2.24, 2.45) is 10.9 Å². The summed E-state index contributed by atoms with van der Waals surface area (Å²) < 4.78 is 0. The van der Waals surface area contributed by atoms with Crippen molar-refractivity contribution in [1.29, 1.82) is 0 Å². The van der Waals surface area contributed by atoms with Gasteiger partial charge in [0.25, 0.3) is 0 Å². The zero-order valence-electron chi connectivity index (χ0n) is 15.9. The molecule has 2 rings (SSSR count). The van der Waals surface area contributed by atoms with Crippen LogP contribution in [-0.4, -0.2) is 30.8 Å². The van der Waals surface area contributed by atoms with E-state index in [0.29, 0.717) is 12.5 Å². The third kappa shape index (κ3) is 7.50. The molecular formula is C21H32IN3O. The quantitative estimate of drug-likeness (QED) is 0.292. The van der Waals surface area contributed by atoms with Crippen molar-refractivity contribution in [2.75, 3.05) is 19.7 Å². The van der Waals surface area contributed by atoms with Gasteiger partial charge >= 0.3 is 0 Å². The number of fused-ring (bicyclic) bond motifs is 1. The summed E-state index contributed by atoms with van der Waals surface area (Å²) in [5.74, 6) is 1.33. The van der Waals surface area contributed by atoms with Crippen LogP contribution >= 0.6 is 24.0 Å². The van der Waals surface area contributed by atoms with Gasteiger partial charge in [-0.3, -0.25) is 0 Å². The molecule has 0 bridgehead atoms. The molecule has 0 heterocycles. The lowest BCUT2D eigenvalue weighted by Gasteiger charge is -2.18. The van der Waals surface area contributed by atoms with E-state index in [2.05, 4.69) is 66.9 Å². The van der Waals surface area contributed by atoms with E-state index in [4.69, 9.17) is 4.99 Å². The monoisotopic (exact) mass is 469 g/mol. The molecule has 5 heteroatoms. The standard InChI is InChI=1S/C21H31N3O.HI/c1-3-7-17(12-13-25)15-23-21(22-4-2)24-16-18-10-11-19-8-5-6-9-20(19)14-18;/h5-6,8-11,14,17,25H,3-4,7,12-13,15-16H2,1-2H3,(H2,22,23,24);1H. The van der Waals surface area contributed by atoms with E-state index in [1.807, 2.05) is 0 Å². The molecule has 0 fully saturated rings. The summed E-state index contributed by atoms with van der Waals surface area (Å²) in [7, 11) is 0. The SMILES string of the molecule is CCCC(CCO)CNC(=NCc1ccc2ccccc2c1)NCC.I. The molecule has 0 saturated carbocycles. The maximum Gasteiger partial charge on any atom is 0.191 e. The Labute approximate surface area is 174 Å². The summed E-state index contributed by atoms with van der Waals surface area (Å²) in [6.45, 7) is 6.84. The molecule has 1 atom stereocenters. The Balaban J connectivity index is 0.00000338. The van der Waals surface area contributed by atoms with Gasteiger partial charge in [-0.1, -0.05) is 49.7 Å². The highest BCUT2D eigenvalue weighted by Crippen LogP contribution is 2.16. The van der Waals surface area contributed by atoms with Gasteiger partial charge in [0.2, 0.25) is 0 Å². The lowest BCUT2D eigenvalue weighted by Crippen LogP contribution is -2.40. The van der Waals surface area contributed by atoms with Crippen LogP contribution in [0, 0.1) is 5.92 Å². The molecule has 26 heavy (non-hydrogen) atoms. The minimum Gasteiger partial charge on any atom is -0.396 e. The van der Waals surface area contributed by atoms with E-state index in [0.717, 1.165) is 38.3 Å². The van der Waals surface area contributed by atoms with Crippen LogP contribution in [0.25, 0.3) is 10.8 Å². The van der Waals surface area contributed by atoms with Crippen molar-refractivity contribution in [3.8, 4) is 0 Å². The maximum absolute atomic E-state index is 9.20. The van der Waals surface area contributed by atoms with Crippen molar-refractivity contribution in [3.63, 3.8) is 0 Å². The number of aliphatic hydroxyl groups excluding tert-OH is 1. The van der Waals surface area contributed by atoms with Gasteiger partial charge < -0.3 is 15.7 Å². The number of halogens is 1. The van der Waals surface area contributed by atoms with Crippen molar-refractivity contribution in [1.82, 2.24) is 10.6 Å². The van der Waals surface area contributed by atoms with Gasteiger partial charge in [-0.2, -0.15) is 0 Å². The molecule has 144 valence electrons. The Morgan fingerprint density at radius 2 is 1.81 bits per heavy atom. The Morgan fingerprint density at radius 3 is 2.50 bits per heavy atom. The van der Waals surface area contributed by atoms with Gasteiger partial charge in [-0.25, -0.2) is 4.99 Å². The summed E-state index contributed by atoms with van der Waals surface area (Å²) in [5, 5.41) is 18.4. The first-order valence-electron chi connectivity index (χ1n) is 9.37. The van der Waals surface area contributed by atoms with Crippen LogP contribution in [-0.2, 0) is 6.54 Å². The minimum atomic E-state index is 0. The molecule has 0 aliphatic heterocycles. The van der Waals surface area contributed by atoms with Crippen LogP contribution in [0.2, 0.25) is 0 Å². The molecule has 0 amide bonds. The Hall–Kier alpha value is -1.34. The lowest BCUT2D eigenvalue weighted by molar-refractivity contribution is 0.251. The Morgan fingerprint density at radius 1 is 1.04 bits per heavy atom. The van der Waals surface area contributed by atoms with Crippen LogP contribution in [0.3, 0.4) is 0 Å². The number of aliphatic imine (C=N–C) groups is 1. The van der Waals surface area contributed by atoms with Gasteiger partial charge in [0.1, 0.15) is 0 Å². The van der Waals surface area contributed by atoms with Crippen LogP contribution in [0.4, 0.5) is 0 Å². The van der Waals surface area contributed by atoms with E-state index in [-0.39, 0.29) is 30.6 Å². The average Bonchev–Trinajstić information content (AvgIpc) is 2.64. The average molecular weight is 469 g/mol. The van der Waals surface area contributed by atoms with Crippen LogP contribution in [0.1, 0.15) is 38.7 Å². The molecular weight excluding hydrogens is 437 g/mol. The molecule has 0 aromatic heterocycles. The highest BCUT2D eigenvalue weighted by molar-refractivity contribution is 14.0. The molecule has 2 aromatic rings. The van der Waals surface area contributed by atoms with Crippen LogP contribution in [0.5, 0.6) is 0 Å². The van der Waals surface area contributed by atoms with Gasteiger partial charge in [0.05, 0.1) is 6.54 Å². The second-order valence-electron chi connectivity index (χ2n) is 6.42. The number of benzene rings is 2. The zero-order valence-corrected chi connectivity index (χ0v) is 18.2. The van der Waals surface area contributed by atoms with Crippen molar-refractivity contribution in [2.45, 2.75) is 39.7 Å². The first kappa shape index (κ1) is 22.7. The summed E-state index contributed by atoms with van der Waals surface area (Å²) in [6.07, 6.45) is 3.10. The Kier molecular flexibility index (Phi) is 11.3. The predicted molar refractivity (Wildman–Crippen MR) is 122 cm³/mol. The summed E-state index contributed by atoms with van der Waals surface area (Å²) in [5.41, 5.74) is 1.20. The third-order valence-corrected chi connectivity index (χ3v) is 4.37. The highest BCUT2D eigenvalue weighted by atomic mass is 127. The minimum absolute atomic E-state index is 0. The largest absolute Gasteiger partial charge is 0.396 e. The smallest absolute Gasteiger partial charge is 0.191 e. The topological polar surface area (TPSA) is 56.6 Å². The van der Waals surface area contributed by atoms with Gasteiger partial charge in [0.15, 0.2) is 5.96 Å². The number of rotatable bonds is 9. The second-order valence-corrected chi connectivity index (χ2v) is 6.42. The fourth-order valence-corrected chi connectivity index (χ4v) is 3.03. The number of hydrogen-bond acceptors (Lipinski definition) is 2. The van der Waals surface area contributed by atoms with E-state index in [1.54, 1.807) is 0 Å². The predicted octanol–water partition coefficient (Wildman–Crippen LogP) is 4.31. The molecule has 0 aliphatic carbocycles. The number of aliphatic hydroxyl groups is 1. The van der Waals surface area contributed by atoms with Crippen LogP contribution in [0.15, 0.2) is 47.5 Å². The van der Waals surface area contributed by atoms with E-state index in [9.17, 15) is 5.11 Å². The van der Waals surface area contributed by atoms with E-state index >= 15 is 0 Å². The fourth-order valence-electron chi connectivity index (χ4n) is 3.03. The van der Waals surface area contributed by atoms with Gasteiger partial charge in [-0.05, 0) is 48.1 Å². The molecule has 3 N–H and O–H groups in total. The maximum atomic E-state index is 9.20. The molecule has 0 aliphatic rings. The molecule has 0 radical (unpaired) electrons. The summed E-state index contributed by atoms with van der Waals surface area (Å²) in [4.78, 5) is 4.71. The fraction of sp³-hybridized carbons (Fsp3) is 0.476. The zero-order chi connectivity index (χ0) is 17.9. The first-order valence-corrected chi connectivity index (χ1v) is 9.37. The second kappa shape index (κ2) is 12.9. The molecule has 0 spiro atoms. The van der Waals surface area contributed by atoms with Crippen molar-refractivity contribution in [3.05, 3.63) is 48.0 Å².